The van der Waals surface area contributed by atoms with E-state index in [0.717, 1.165) is 30.0 Å². The van der Waals surface area contributed by atoms with Crippen LogP contribution in [0.2, 0.25) is 0 Å². The summed E-state index contributed by atoms with van der Waals surface area (Å²) in [6.45, 7) is 5.17. The highest BCUT2D eigenvalue weighted by Gasteiger charge is 2.11. The highest BCUT2D eigenvalue weighted by molar-refractivity contribution is 5.60. The van der Waals surface area contributed by atoms with Gasteiger partial charge in [0.1, 0.15) is 0 Å². The number of aromatic nitrogens is 4. The molecule has 1 heterocycles. The third-order valence-corrected chi connectivity index (χ3v) is 2.86. The van der Waals surface area contributed by atoms with Crippen LogP contribution >= 0.6 is 0 Å². The molecule has 90 valence electrons. The molecule has 1 aromatic heterocycles. The zero-order valence-corrected chi connectivity index (χ0v) is 10.2. The van der Waals surface area contributed by atoms with Crippen LogP contribution in [-0.4, -0.2) is 20.2 Å². The lowest BCUT2D eigenvalue weighted by molar-refractivity contribution is 0.434. The van der Waals surface area contributed by atoms with E-state index >= 15 is 0 Å². The zero-order valence-electron chi connectivity index (χ0n) is 10.2. The number of hydrogen-bond donors (Lipinski definition) is 1. The first-order valence-corrected chi connectivity index (χ1v) is 5.82. The maximum absolute atomic E-state index is 5.76. The minimum atomic E-state index is 0.554. The van der Waals surface area contributed by atoms with Crippen LogP contribution in [0.5, 0.6) is 0 Å². The van der Waals surface area contributed by atoms with Crippen molar-refractivity contribution in [2.24, 2.45) is 5.92 Å². The van der Waals surface area contributed by atoms with E-state index in [1.807, 2.05) is 28.9 Å². The molecular formula is C12H17N5. The fourth-order valence-electron chi connectivity index (χ4n) is 1.64. The van der Waals surface area contributed by atoms with Crippen LogP contribution in [0.3, 0.4) is 0 Å². The van der Waals surface area contributed by atoms with Gasteiger partial charge in [-0.05, 0) is 28.5 Å². The summed E-state index contributed by atoms with van der Waals surface area (Å²) in [4.78, 5) is 0. The minimum Gasteiger partial charge on any atom is -0.399 e. The summed E-state index contributed by atoms with van der Waals surface area (Å²) >= 11 is 0. The number of nitrogen functional groups attached to an aromatic ring is 1. The number of anilines is 1. The van der Waals surface area contributed by atoms with E-state index in [-0.39, 0.29) is 0 Å². The van der Waals surface area contributed by atoms with Gasteiger partial charge in [0.25, 0.3) is 0 Å². The molecule has 1 aromatic carbocycles. The first-order valence-electron chi connectivity index (χ1n) is 5.82. The predicted octanol–water partition coefficient (Wildman–Crippen LogP) is 1.97. The number of rotatable bonds is 4. The molecule has 0 bridgehead atoms. The van der Waals surface area contributed by atoms with E-state index in [9.17, 15) is 0 Å². The van der Waals surface area contributed by atoms with Gasteiger partial charge in [-0.15, -0.1) is 5.10 Å². The number of tetrazole rings is 1. The maximum Gasteiger partial charge on any atom is 0.182 e. The van der Waals surface area contributed by atoms with Gasteiger partial charge in [-0.2, -0.15) is 0 Å². The summed E-state index contributed by atoms with van der Waals surface area (Å²) in [5, 5.41) is 11.8. The smallest absolute Gasteiger partial charge is 0.182 e. The van der Waals surface area contributed by atoms with Gasteiger partial charge < -0.3 is 5.73 Å². The predicted molar refractivity (Wildman–Crippen MR) is 67.1 cm³/mol. The number of nitrogens with two attached hydrogens (primary N) is 1. The van der Waals surface area contributed by atoms with E-state index in [1.165, 1.54) is 0 Å². The molecular weight excluding hydrogens is 214 g/mol. The van der Waals surface area contributed by atoms with Crippen molar-refractivity contribution in [1.82, 2.24) is 20.2 Å². The third-order valence-electron chi connectivity index (χ3n) is 2.86. The topological polar surface area (TPSA) is 69.6 Å². The minimum absolute atomic E-state index is 0.554. The quantitative estimate of drug-likeness (QED) is 0.817. The van der Waals surface area contributed by atoms with Crippen LogP contribution in [-0.2, 0) is 6.54 Å². The Morgan fingerprint density at radius 3 is 2.94 bits per heavy atom. The number of hydrogen-bond acceptors (Lipinski definition) is 4. The van der Waals surface area contributed by atoms with Crippen molar-refractivity contribution < 1.29 is 0 Å². The van der Waals surface area contributed by atoms with Crippen LogP contribution in [0.1, 0.15) is 20.3 Å². The summed E-state index contributed by atoms with van der Waals surface area (Å²) in [5.41, 5.74) is 7.44. The standard InChI is InChI=1S/C12H17N5/c1-3-9(2)8-17-12(14-15-16-17)10-5-4-6-11(13)7-10/h4-7,9H,3,8,13H2,1-2H3. The third kappa shape index (κ3) is 2.61. The van der Waals surface area contributed by atoms with Crippen molar-refractivity contribution in [2.45, 2.75) is 26.8 Å². The van der Waals surface area contributed by atoms with Gasteiger partial charge in [0.15, 0.2) is 5.82 Å². The molecule has 1 atom stereocenters. The van der Waals surface area contributed by atoms with Crippen molar-refractivity contribution in [3.8, 4) is 11.4 Å². The van der Waals surface area contributed by atoms with Crippen molar-refractivity contribution in [3.05, 3.63) is 24.3 Å². The van der Waals surface area contributed by atoms with Crippen molar-refractivity contribution in [3.63, 3.8) is 0 Å². The summed E-state index contributed by atoms with van der Waals surface area (Å²) in [6, 6.07) is 7.62. The Balaban J connectivity index is 2.30. The van der Waals surface area contributed by atoms with Crippen LogP contribution in [0.4, 0.5) is 5.69 Å². The first kappa shape index (κ1) is 11.6. The lowest BCUT2D eigenvalue weighted by Crippen LogP contribution is -2.10. The molecule has 0 saturated carbocycles. The van der Waals surface area contributed by atoms with E-state index in [1.54, 1.807) is 0 Å². The zero-order chi connectivity index (χ0) is 12.3. The van der Waals surface area contributed by atoms with Gasteiger partial charge in [-0.25, -0.2) is 4.68 Å². The molecule has 0 aliphatic rings. The van der Waals surface area contributed by atoms with Crippen LogP contribution in [0, 0.1) is 5.92 Å². The molecule has 2 aromatic rings. The fraction of sp³-hybridized carbons (Fsp3) is 0.417. The van der Waals surface area contributed by atoms with Crippen LogP contribution < -0.4 is 5.73 Å². The Bertz CT molecular complexity index is 491. The Labute approximate surface area is 101 Å². The largest absolute Gasteiger partial charge is 0.399 e. The van der Waals surface area contributed by atoms with Gasteiger partial charge in [0.05, 0.1) is 0 Å². The summed E-state index contributed by atoms with van der Waals surface area (Å²) < 4.78 is 1.84. The lowest BCUT2D eigenvalue weighted by Gasteiger charge is -2.09. The fourth-order valence-corrected chi connectivity index (χ4v) is 1.64. The average molecular weight is 231 g/mol. The van der Waals surface area contributed by atoms with E-state index < -0.39 is 0 Å². The second kappa shape index (κ2) is 4.95. The highest BCUT2D eigenvalue weighted by Crippen LogP contribution is 2.19. The Hall–Kier alpha value is -1.91. The molecule has 5 heteroatoms. The molecule has 2 N–H and O–H groups in total. The molecule has 17 heavy (non-hydrogen) atoms. The van der Waals surface area contributed by atoms with E-state index in [4.69, 9.17) is 5.73 Å². The molecule has 2 rings (SSSR count). The summed E-state index contributed by atoms with van der Waals surface area (Å²) in [7, 11) is 0. The Morgan fingerprint density at radius 2 is 2.24 bits per heavy atom. The Kier molecular flexibility index (Phi) is 3.37. The SMILES string of the molecule is CCC(C)Cn1nnnc1-c1cccc(N)c1. The number of nitrogens with zero attached hydrogens (tertiary/aromatic N) is 4. The summed E-state index contributed by atoms with van der Waals surface area (Å²) in [6.07, 6.45) is 1.11. The molecule has 0 aliphatic heterocycles. The molecule has 0 amide bonds. The van der Waals surface area contributed by atoms with Crippen LogP contribution in [0.15, 0.2) is 24.3 Å². The molecule has 0 aliphatic carbocycles. The molecule has 0 radical (unpaired) electrons. The maximum atomic E-state index is 5.76. The number of benzene rings is 1. The van der Waals surface area contributed by atoms with Gasteiger partial charge >= 0.3 is 0 Å². The highest BCUT2D eigenvalue weighted by atomic mass is 15.5. The lowest BCUT2D eigenvalue weighted by atomic mass is 10.1. The van der Waals surface area contributed by atoms with Gasteiger partial charge in [0.2, 0.25) is 0 Å². The van der Waals surface area contributed by atoms with Crippen molar-refractivity contribution in [2.75, 3.05) is 5.73 Å². The molecule has 0 spiro atoms. The van der Waals surface area contributed by atoms with Gasteiger partial charge in [-0.3, -0.25) is 0 Å². The molecule has 0 saturated heterocycles. The Morgan fingerprint density at radius 1 is 1.41 bits per heavy atom. The van der Waals surface area contributed by atoms with Gasteiger partial charge in [-0.1, -0.05) is 32.4 Å². The van der Waals surface area contributed by atoms with Gasteiger partial charge in [0, 0.05) is 17.8 Å². The monoisotopic (exact) mass is 231 g/mol. The van der Waals surface area contributed by atoms with Crippen LogP contribution in [0.25, 0.3) is 11.4 Å². The van der Waals surface area contributed by atoms with Crippen molar-refractivity contribution >= 4 is 5.69 Å². The van der Waals surface area contributed by atoms with Crippen molar-refractivity contribution in [1.29, 1.82) is 0 Å². The summed E-state index contributed by atoms with van der Waals surface area (Å²) in [5.74, 6) is 1.33. The molecule has 5 nitrogen and oxygen atoms in total. The van der Waals surface area contributed by atoms with E-state index in [0.29, 0.717) is 5.92 Å². The molecule has 1 unspecified atom stereocenters. The van der Waals surface area contributed by atoms with E-state index in [2.05, 4.69) is 29.4 Å². The second-order valence-electron chi connectivity index (χ2n) is 4.32. The second-order valence-corrected chi connectivity index (χ2v) is 4.32. The first-order chi connectivity index (χ1) is 8.20. The molecule has 0 fully saturated rings. The normalized spacial score (nSPS) is 12.6. The average Bonchev–Trinajstić information content (AvgIpc) is 2.77.